The van der Waals surface area contributed by atoms with Crippen LogP contribution in [-0.4, -0.2) is 0 Å². The van der Waals surface area contributed by atoms with Gasteiger partial charge in [0, 0.05) is 40.3 Å². The molecular weight excluding hydrogens is 575 g/mol. The van der Waals surface area contributed by atoms with Crippen LogP contribution in [0.4, 0.5) is 0 Å². The van der Waals surface area contributed by atoms with E-state index in [1.165, 1.54) is 9.40 Å². The Hall–Kier alpha value is -5.77. The van der Waals surface area contributed by atoms with E-state index in [4.69, 9.17) is 0 Å². The minimum atomic E-state index is 0.618. The maximum absolute atomic E-state index is 9.63. The quantitative estimate of drug-likeness (QED) is 0.205. The molecule has 0 fully saturated rings. The van der Waals surface area contributed by atoms with Crippen molar-refractivity contribution in [2.24, 2.45) is 0 Å². The molecule has 0 N–H and O–H groups in total. The smallest absolute Gasteiger partial charge is 0.0991 e. The highest BCUT2D eigenvalue weighted by Crippen LogP contribution is 2.43. The minimum absolute atomic E-state index is 0.618. The van der Waals surface area contributed by atoms with Crippen LogP contribution in [0.2, 0.25) is 0 Å². The average molecular weight is 594 g/mol. The molecule has 0 aliphatic heterocycles. The highest BCUT2D eigenvalue weighted by Gasteiger charge is 2.15. The Morgan fingerprint density at radius 1 is 0.386 bits per heavy atom. The fraction of sp³-hybridized carbons (Fsp3) is 0. The molecule has 8 aromatic rings. The molecule has 0 spiro atoms. The molecule has 0 amide bonds. The zero-order valence-corrected chi connectivity index (χ0v) is 24.8. The molecule has 2 heterocycles. The third kappa shape index (κ3) is 4.22. The molecule has 0 unspecified atom stereocenters. The van der Waals surface area contributed by atoms with Gasteiger partial charge in [-0.05, 0) is 112 Å². The molecule has 2 aromatic heterocycles. The lowest BCUT2D eigenvalue weighted by molar-refractivity contribution is 1.48. The van der Waals surface area contributed by atoms with E-state index in [0.717, 1.165) is 64.3 Å². The van der Waals surface area contributed by atoms with Gasteiger partial charge in [-0.1, -0.05) is 36.4 Å². The lowest BCUT2D eigenvalue weighted by Crippen LogP contribution is -1.88. The van der Waals surface area contributed by atoms with Gasteiger partial charge in [-0.15, -0.1) is 22.7 Å². The second kappa shape index (κ2) is 10.2. The predicted molar refractivity (Wildman–Crippen MR) is 183 cm³/mol. The van der Waals surface area contributed by atoms with Crippen LogP contribution in [0.5, 0.6) is 0 Å². The van der Waals surface area contributed by atoms with E-state index >= 15 is 0 Å². The molecule has 44 heavy (non-hydrogen) atoms. The molecule has 0 saturated carbocycles. The number of thiophene rings is 2. The Kier molecular flexibility index (Phi) is 6.00. The normalized spacial score (nSPS) is 11.1. The molecular formula is C39H19N3S2. The van der Waals surface area contributed by atoms with Gasteiger partial charge in [0.2, 0.25) is 0 Å². The van der Waals surface area contributed by atoms with Gasteiger partial charge >= 0.3 is 0 Å². The summed E-state index contributed by atoms with van der Waals surface area (Å²) in [4.78, 5) is 0. The van der Waals surface area contributed by atoms with Crippen LogP contribution in [0, 0.1) is 34.0 Å². The minimum Gasteiger partial charge on any atom is -0.192 e. The van der Waals surface area contributed by atoms with E-state index in [9.17, 15) is 15.8 Å². The van der Waals surface area contributed by atoms with Crippen molar-refractivity contribution in [2.45, 2.75) is 0 Å². The molecule has 3 nitrogen and oxygen atoms in total. The summed E-state index contributed by atoms with van der Waals surface area (Å²) in [6, 6.07) is 45.9. The van der Waals surface area contributed by atoms with Gasteiger partial charge in [0.1, 0.15) is 0 Å². The van der Waals surface area contributed by atoms with Crippen LogP contribution >= 0.6 is 22.7 Å². The monoisotopic (exact) mass is 593 g/mol. The van der Waals surface area contributed by atoms with Crippen LogP contribution in [0.1, 0.15) is 16.7 Å². The lowest BCUT2D eigenvalue weighted by atomic mass is 9.91. The molecule has 5 heteroatoms. The van der Waals surface area contributed by atoms with Crippen molar-refractivity contribution in [3.8, 4) is 51.6 Å². The summed E-state index contributed by atoms with van der Waals surface area (Å²) in [7, 11) is 0. The summed E-state index contributed by atoms with van der Waals surface area (Å²) in [5.74, 6) is 0. The van der Waals surface area contributed by atoms with Crippen molar-refractivity contribution in [1.29, 1.82) is 15.8 Å². The molecule has 0 saturated heterocycles. The molecule has 0 aliphatic rings. The van der Waals surface area contributed by atoms with Gasteiger partial charge in [-0.3, -0.25) is 0 Å². The summed E-state index contributed by atoms with van der Waals surface area (Å²) in [6.07, 6.45) is 0. The van der Waals surface area contributed by atoms with Crippen LogP contribution in [0.15, 0.2) is 115 Å². The number of hydrogen-bond donors (Lipinski definition) is 0. The summed E-state index contributed by atoms with van der Waals surface area (Å²) < 4.78 is 4.65. The van der Waals surface area contributed by atoms with E-state index in [1.807, 2.05) is 60.7 Å². The summed E-state index contributed by atoms with van der Waals surface area (Å²) >= 11 is 3.47. The van der Waals surface area contributed by atoms with E-state index in [-0.39, 0.29) is 0 Å². The first-order valence-corrected chi connectivity index (χ1v) is 15.6. The Morgan fingerprint density at radius 3 is 1.75 bits per heavy atom. The maximum atomic E-state index is 9.63. The van der Waals surface area contributed by atoms with Crippen molar-refractivity contribution in [3.05, 3.63) is 132 Å². The van der Waals surface area contributed by atoms with E-state index in [1.54, 1.807) is 22.7 Å². The highest BCUT2D eigenvalue weighted by molar-refractivity contribution is 7.26. The first-order valence-electron chi connectivity index (χ1n) is 14.0. The van der Waals surface area contributed by atoms with Crippen LogP contribution in [0.25, 0.3) is 73.7 Å². The molecule has 0 bridgehead atoms. The number of nitriles is 3. The largest absolute Gasteiger partial charge is 0.192 e. The first kappa shape index (κ1) is 25.9. The standard InChI is InChI=1S/C39H19N3S2/c40-20-23-3-1-4-26(13-23)28-16-29(27-9-10-32-33-14-24(21-41)7-11-35(33)44-38(32)19-27)18-30(17-28)31-5-2-6-37-39(31)34-15-25(22-42)8-12-36(34)43-37/h1-19H. The van der Waals surface area contributed by atoms with Crippen LogP contribution in [-0.2, 0) is 0 Å². The van der Waals surface area contributed by atoms with Gasteiger partial charge in [0.25, 0.3) is 0 Å². The molecule has 202 valence electrons. The SMILES string of the molecule is N#Cc1cccc(-c2cc(-c3ccc4c(c3)sc3ccc(C#N)cc34)cc(-c3cccc4sc5ccc(C#N)cc5c34)c2)c1. The molecule has 0 radical (unpaired) electrons. The summed E-state index contributed by atoms with van der Waals surface area (Å²) in [5, 5.41) is 33.2. The van der Waals surface area contributed by atoms with Gasteiger partial charge < -0.3 is 0 Å². The Balaban J connectivity index is 1.38. The van der Waals surface area contributed by atoms with Crippen molar-refractivity contribution in [3.63, 3.8) is 0 Å². The Bertz CT molecular complexity index is 2600. The Labute approximate surface area is 261 Å². The van der Waals surface area contributed by atoms with Gasteiger partial charge in [-0.25, -0.2) is 0 Å². The Morgan fingerprint density at radius 2 is 1.00 bits per heavy atom. The van der Waals surface area contributed by atoms with Gasteiger partial charge in [-0.2, -0.15) is 15.8 Å². The fourth-order valence-corrected chi connectivity index (χ4v) is 8.29. The third-order valence-corrected chi connectivity index (χ3v) is 10.4. The zero-order chi connectivity index (χ0) is 29.8. The number of fused-ring (bicyclic) bond motifs is 6. The number of rotatable bonds is 3. The molecule has 0 aliphatic carbocycles. The first-order chi connectivity index (χ1) is 21.6. The van der Waals surface area contributed by atoms with E-state index in [2.05, 4.69) is 72.8 Å². The summed E-state index contributed by atoms with van der Waals surface area (Å²) in [5.41, 5.74) is 8.28. The number of nitrogens with zero attached hydrogens (tertiary/aromatic N) is 3. The zero-order valence-electron chi connectivity index (χ0n) is 23.1. The van der Waals surface area contributed by atoms with E-state index in [0.29, 0.717) is 16.7 Å². The van der Waals surface area contributed by atoms with Gasteiger partial charge in [0.15, 0.2) is 0 Å². The van der Waals surface area contributed by atoms with Crippen molar-refractivity contribution < 1.29 is 0 Å². The lowest BCUT2D eigenvalue weighted by Gasteiger charge is -2.13. The summed E-state index contributed by atoms with van der Waals surface area (Å²) in [6.45, 7) is 0. The molecule has 6 aromatic carbocycles. The fourth-order valence-electron chi connectivity index (χ4n) is 6.05. The predicted octanol–water partition coefficient (Wildman–Crippen LogP) is 11.0. The van der Waals surface area contributed by atoms with Crippen LogP contribution in [0.3, 0.4) is 0 Å². The topological polar surface area (TPSA) is 71.4 Å². The van der Waals surface area contributed by atoms with Crippen molar-refractivity contribution in [1.82, 2.24) is 0 Å². The highest BCUT2D eigenvalue weighted by atomic mass is 32.1. The maximum Gasteiger partial charge on any atom is 0.0991 e. The third-order valence-electron chi connectivity index (χ3n) is 8.13. The number of benzene rings is 6. The van der Waals surface area contributed by atoms with Crippen molar-refractivity contribution in [2.75, 3.05) is 0 Å². The number of hydrogen-bond acceptors (Lipinski definition) is 5. The van der Waals surface area contributed by atoms with Crippen molar-refractivity contribution >= 4 is 63.0 Å². The molecule has 8 rings (SSSR count). The second-order valence-corrected chi connectivity index (χ2v) is 12.9. The van der Waals surface area contributed by atoms with Gasteiger partial charge in [0.05, 0.1) is 34.9 Å². The second-order valence-electron chi connectivity index (χ2n) is 10.7. The average Bonchev–Trinajstić information content (AvgIpc) is 3.65. The molecule has 0 atom stereocenters. The van der Waals surface area contributed by atoms with E-state index < -0.39 is 0 Å². The van der Waals surface area contributed by atoms with Crippen LogP contribution < -0.4 is 0 Å².